The topological polar surface area (TPSA) is 35.0 Å². The molecule has 0 aliphatic carbocycles. The van der Waals surface area contributed by atoms with Gasteiger partial charge >= 0.3 is 6.01 Å². The molecular weight excluding hydrogens is 262 g/mol. The second-order valence-electron chi connectivity index (χ2n) is 4.38. The first-order valence-corrected chi connectivity index (χ1v) is 6.08. The number of halogens is 2. The molecule has 0 aliphatic heterocycles. The summed E-state index contributed by atoms with van der Waals surface area (Å²) in [6.07, 6.45) is 1.56. The van der Waals surface area contributed by atoms with Gasteiger partial charge in [-0.15, -0.1) is 0 Å². The minimum absolute atomic E-state index is 0.145. The molecule has 0 amide bonds. The van der Waals surface area contributed by atoms with Gasteiger partial charge in [-0.1, -0.05) is 0 Å². The number of rotatable bonds is 3. The van der Waals surface area contributed by atoms with Crippen LogP contribution in [0.4, 0.5) is 8.78 Å². The molecule has 1 aromatic carbocycles. The molecule has 5 heteroatoms. The summed E-state index contributed by atoms with van der Waals surface area (Å²) in [5.74, 6) is -0.703. The minimum atomic E-state index is -0.551. The van der Waals surface area contributed by atoms with Crippen LogP contribution in [0.5, 0.6) is 11.8 Å². The zero-order valence-electron chi connectivity index (χ0n) is 11.4. The zero-order valence-corrected chi connectivity index (χ0v) is 11.4. The van der Waals surface area contributed by atoms with E-state index in [2.05, 4.69) is 9.97 Å². The van der Waals surface area contributed by atoms with Crippen molar-refractivity contribution in [2.45, 2.75) is 20.8 Å². The fourth-order valence-electron chi connectivity index (χ4n) is 1.63. The lowest BCUT2D eigenvalue weighted by Gasteiger charge is -2.08. The molecule has 0 atom stereocenters. The Hall–Kier alpha value is -2.30. The first kappa shape index (κ1) is 14.1. The number of aromatic nitrogens is 2. The van der Waals surface area contributed by atoms with E-state index in [1.165, 1.54) is 26.0 Å². The van der Waals surface area contributed by atoms with Gasteiger partial charge in [-0.05, 0) is 44.5 Å². The standard InChI is InChI=1S/C15H14F2N2O/c1-9-6-7-18-15(19-9)20-12-4-5-13(14(17)8-12)10(2)11(3)16/h4-8H,1-3H3. The summed E-state index contributed by atoms with van der Waals surface area (Å²) in [6, 6.07) is 6.09. The van der Waals surface area contributed by atoms with E-state index in [0.717, 1.165) is 5.69 Å². The highest BCUT2D eigenvalue weighted by molar-refractivity contribution is 5.66. The predicted octanol–water partition coefficient (Wildman–Crippen LogP) is 4.44. The zero-order chi connectivity index (χ0) is 14.7. The van der Waals surface area contributed by atoms with E-state index in [9.17, 15) is 8.78 Å². The third kappa shape index (κ3) is 3.17. The van der Waals surface area contributed by atoms with E-state index < -0.39 is 11.6 Å². The molecule has 1 aromatic heterocycles. The fraction of sp³-hybridized carbons (Fsp3) is 0.200. The number of aryl methyl sites for hydroxylation is 1. The Morgan fingerprint density at radius 1 is 1.20 bits per heavy atom. The van der Waals surface area contributed by atoms with Gasteiger partial charge in [-0.2, -0.15) is 0 Å². The van der Waals surface area contributed by atoms with Gasteiger partial charge in [0, 0.05) is 23.5 Å². The van der Waals surface area contributed by atoms with Crippen LogP contribution in [0.15, 0.2) is 36.3 Å². The van der Waals surface area contributed by atoms with E-state index in [4.69, 9.17) is 4.74 Å². The molecule has 0 bridgehead atoms. The van der Waals surface area contributed by atoms with Crippen LogP contribution < -0.4 is 4.74 Å². The Morgan fingerprint density at radius 3 is 2.55 bits per heavy atom. The summed E-state index contributed by atoms with van der Waals surface area (Å²) >= 11 is 0. The van der Waals surface area contributed by atoms with Crippen molar-refractivity contribution in [2.75, 3.05) is 0 Å². The van der Waals surface area contributed by atoms with Crippen molar-refractivity contribution in [3.63, 3.8) is 0 Å². The van der Waals surface area contributed by atoms with E-state index >= 15 is 0 Å². The SMILES string of the molecule is CC(F)=C(C)c1ccc(Oc2nccc(C)n2)cc1F. The second-order valence-corrected chi connectivity index (χ2v) is 4.38. The van der Waals surface area contributed by atoms with E-state index in [1.807, 2.05) is 0 Å². The number of allylic oxidation sites excluding steroid dienone is 2. The van der Waals surface area contributed by atoms with Gasteiger partial charge in [-0.3, -0.25) is 0 Å². The summed E-state index contributed by atoms with van der Waals surface area (Å²) in [7, 11) is 0. The number of ether oxygens (including phenoxy) is 1. The maximum absolute atomic E-state index is 13.9. The van der Waals surface area contributed by atoms with Crippen molar-refractivity contribution >= 4 is 5.57 Å². The second kappa shape index (κ2) is 5.77. The Balaban J connectivity index is 2.28. The minimum Gasteiger partial charge on any atom is -0.424 e. The lowest BCUT2D eigenvalue weighted by molar-refractivity contribution is 0.436. The van der Waals surface area contributed by atoms with Crippen LogP contribution in [0.25, 0.3) is 5.57 Å². The quantitative estimate of drug-likeness (QED) is 0.831. The summed E-state index contributed by atoms with van der Waals surface area (Å²) < 4.78 is 32.4. The van der Waals surface area contributed by atoms with Gasteiger partial charge < -0.3 is 4.74 Å². The van der Waals surface area contributed by atoms with Gasteiger partial charge in [0.25, 0.3) is 0 Å². The van der Waals surface area contributed by atoms with Crippen LogP contribution in [0, 0.1) is 12.7 Å². The average molecular weight is 276 g/mol. The maximum Gasteiger partial charge on any atom is 0.322 e. The van der Waals surface area contributed by atoms with Crippen LogP contribution in [-0.4, -0.2) is 9.97 Å². The Morgan fingerprint density at radius 2 is 1.95 bits per heavy atom. The third-order valence-electron chi connectivity index (χ3n) is 2.84. The third-order valence-corrected chi connectivity index (χ3v) is 2.84. The number of benzene rings is 1. The summed E-state index contributed by atoms with van der Waals surface area (Å²) in [5.41, 5.74) is 1.22. The smallest absolute Gasteiger partial charge is 0.322 e. The number of hydrogen-bond donors (Lipinski definition) is 0. The van der Waals surface area contributed by atoms with Crippen LogP contribution in [0.3, 0.4) is 0 Å². The van der Waals surface area contributed by atoms with Crippen molar-refractivity contribution in [3.05, 3.63) is 53.4 Å². The number of nitrogens with zero attached hydrogens (tertiary/aromatic N) is 2. The molecule has 2 rings (SSSR count). The first-order chi connectivity index (χ1) is 9.47. The molecule has 0 saturated heterocycles. The van der Waals surface area contributed by atoms with Gasteiger partial charge in [0.15, 0.2) is 0 Å². The van der Waals surface area contributed by atoms with Crippen molar-refractivity contribution in [2.24, 2.45) is 0 Å². The molecule has 0 unspecified atom stereocenters. The Bertz CT molecular complexity index is 665. The average Bonchev–Trinajstić information content (AvgIpc) is 2.38. The van der Waals surface area contributed by atoms with Crippen LogP contribution in [0.1, 0.15) is 25.1 Å². The molecular formula is C15H14F2N2O. The molecule has 0 radical (unpaired) electrons. The van der Waals surface area contributed by atoms with E-state index in [1.54, 1.807) is 25.3 Å². The molecule has 2 aromatic rings. The van der Waals surface area contributed by atoms with Crippen LogP contribution in [0.2, 0.25) is 0 Å². The molecule has 3 nitrogen and oxygen atoms in total. The molecule has 1 heterocycles. The largest absolute Gasteiger partial charge is 0.424 e. The van der Waals surface area contributed by atoms with Gasteiger partial charge in [0.1, 0.15) is 17.4 Å². The van der Waals surface area contributed by atoms with E-state index in [0.29, 0.717) is 0 Å². The highest BCUT2D eigenvalue weighted by Gasteiger charge is 2.09. The van der Waals surface area contributed by atoms with Crippen LogP contribution in [-0.2, 0) is 0 Å². The summed E-state index contributed by atoms with van der Waals surface area (Å²) in [6.45, 7) is 4.62. The predicted molar refractivity (Wildman–Crippen MR) is 72.6 cm³/mol. The Kier molecular flexibility index (Phi) is 4.08. The van der Waals surface area contributed by atoms with Crippen molar-refractivity contribution in [3.8, 4) is 11.8 Å². The first-order valence-electron chi connectivity index (χ1n) is 6.08. The molecule has 0 fully saturated rings. The normalized spacial score (nSPS) is 12.1. The molecule has 0 saturated carbocycles. The fourth-order valence-corrected chi connectivity index (χ4v) is 1.63. The molecule has 0 aliphatic rings. The van der Waals surface area contributed by atoms with Gasteiger partial charge in [-0.25, -0.2) is 18.7 Å². The molecule has 104 valence electrons. The molecule has 0 spiro atoms. The van der Waals surface area contributed by atoms with Crippen LogP contribution >= 0.6 is 0 Å². The lowest BCUT2D eigenvalue weighted by Crippen LogP contribution is -1.95. The molecule has 20 heavy (non-hydrogen) atoms. The van der Waals surface area contributed by atoms with Crippen molar-refractivity contribution in [1.82, 2.24) is 9.97 Å². The highest BCUT2D eigenvalue weighted by Crippen LogP contribution is 2.26. The summed E-state index contributed by atoms with van der Waals surface area (Å²) in [5, 5.41) is 0. The highest BCUT2D eigenvalue weighted by atomic mass is 19.1. The van der Waals surface area contributed by atoms with E-state index in [-0.39, 0.29) is 22.9 Å². The summed E-state index contributed by atoms with van der Waals surface area (Å²) in [4.78, 5) is 7.98. The maximum atomic E-state index is 13.9. The van der Waals surface area contributed by atoms with Crippen molar-refractivity contribution < 1.29 is 13.5 Å². The van der Waals surface area contributed by atoms with Gasteiger partial charge in [0.2, 0.25) is 0 Å². The molecule has 0 N–H and O–H groups in total. The van der Waals surface area contributed by atoms with Gasteiger partial charge in [0.05, 0.1) is 0 Å². The number of hydrogen-bond acceptors (Lipinski definition) is 3. The Labute approximate surface area is 116 Å². The van der Waals surface area contributed by atoms with Crippen molar-refractivity contribution in [1.29, 1.82) is 0 Å². The monoisotopic (exact) mass is 276 g/mol. The lowest BCUT2D eigenvalue weighted by atomic mass is 10.1.